The number of aromatic nitrogens is 2. The van der Waals surface area contributed by atoms with E-state index >= 15 is 0 Å². The average Bonchev–Trinajstić information content (AvgIpc) is 2.72. The van der Waals surface area contributed by atoms with Gasteiger partial charge in [0.1, 0.15) is 0 Å². The molecule has 0 amide bonds. The number of unbranched alkanes of at least 4 members (excludes halogenated alkanes) is 1. The van der Waals surface area contributed by atoms with Gasteiger partial charge in [-0.1, -0.05) is 51.2 Å². The van der Waals surface area contributed by atoms with E-state index in [-0.39, 0.29) is 0 Å². The van der Waals surface area contributed by atoms with Crippen LogP contribution in [0, 0.1) is 17.8 Å². The maximum Gasteiger partial charge on any atom is 0.205 e. The molecule has 0 spiro atoms. The molecule has 0 radical (unpaired) electrons. The summed E-state index contributed by atoms with van der Waals surface area (Å²) in [6, 6.07) is 8.82. The van der Waals surface area contributed by atoms with Gasteiger partial charge < -0.3 is 0 Å². The highest BCUT2D eigenvalue weighted by molar-refractivity contribution is 5.40. The van der Waals surface area contributed by atoms with Gasteiger partial charge in [0.2, 0.25) is 5.82 Å². The van der Waals surface area contributed by atoms with Crippen molar-refractivity contribution >= 4 is 0 Å². The van der Waals surface area contributed by atoms with E-state index in [9.17, 15) is 0 Å². The van der Waals surface area contributed by atoms with Crippen molar-refractivity contribution in [2.45, 2.75) is 71.1 Å². The standard InChI is InChI=1S/C24H30N2/c1-3-5-6-20-7-12-22(13-8-20)23-14-9-21(10-15-23)11-16-24-25-17-19(4-2)18-26-24/h9-10,14-15,17-18,20,22H,3-8,12-13H2,1-2H3/t20-,22-. The Morgan fingerprint density at radius 1 is 0.923 bits per heavy atom. The number of benzene rings is 1. The molecule has 0 N–H and O–H groups in total. The summed E-state index contributed by atoms with van der Waals surface area (Å²) in [6.45, 7) is 4.39. The molecule has 1 aromatic heterocycles. The molecule has 2 heteroatoms. The highest BCUT2D eigenvalue weighted by atomic mass is 14.8. The van der Waals surface area contributed by atoms with Crippen LogP contribution in [0.2, 0.25) is 0 Å². The molecule has 1 heterocycles. The highest BCUT2D eigenvalue weighted by Gasteiger charge is 2.21. The van der Waals surface area contributed by atoms with Gasteiger partial charge in [-0.2, -0.15) is 0 Å². The van der Waals surface area contributed by atoms with E-state index in [0.29, 0.717) is 5.82 Å². The first-order valence-electron chi connectivity index (χ1n) is 10.2. The first-order chi connectivity index (χ1) is 12.8. The maximum atomic E-state index is 4.30. The summed E-state index contributed by atoms with van der Waals surface area (Å²) in [4.78, 5) is 8.60. The van der Waals surface area contributed by atoms with Crippen molar-refractivity contribution in [1.82, 2.24) is 9.97 Å². The zero-order chi connectivity index (χ0) is 18.2. The largest absolute Gasteiger partial charge is 0.229 e. The number of aryl methyl sites for hydroxylation is 1. The molecular formula is C24H30N2. The second kappa shape index (κ2) is 9.53. The molecule has 0 saturated heterocycles. The van der Waals surface area contributed by atoms with Gasteiger partial charge in [0.25, 0.3) is 0 Å². The Hall–Kier alpha value is -2.14. The lowest BCUT2D eigenvalue weighted by Gasteiger charge is -2.28. The molecule has 1 aromatic carbocycles. The third kappa shape index (κ3) is 5.18. The second-order valence-electron chi connectivity index (χ2n) is 7.50. The Kier molecular flexibility index (Phi) is 6.83. The lowest BCUT2D eigenvalue weighted by Crippen LogP contribution is -2.13. The minimum Gasteiger partial charge on any atom is -0.229 e. The first-order valence-corrected chi connectivity index (χ1v) is 10.2. The monoisotopic (exact) mass is 346 g/mol. The minimum absolute atomic E-state index is 0.594. The molecule has 26 heavy (non-hydrogen) atoms. The van der Waals surface area contributed by atoms with E-state index in [1.54, 1.807) is 0 Å². The van der Waals surface area contributed by atoms with E-state index in [4.69, 9.17) is 0 Å². The van der Waals surface area contributed by atoms with Crippen molar-refractivity contribution in [3.05, 3.63) is 59.2 Å². The van der Waals surface area contributed by atoms with Crippen LogP contribution >= 0.6 is 0 Å². The van der Waals surface area contributed by atoms with E-state index in [0.717, 1.165) is 29.4 Å². The van der Waals surface area contributed by atoms with Crippen LogP contribution in [0.4, 0.5) is 0 Å². The van der Waals surface area contributed by atoms with Gasteiger partial charge >= 0.3 is 0 Å². The quantitative estimate of drug-likeness (QED) is 0.630. The Morgan fingerprint density at radius 3 is 2.23 bits per heavy atom. The molecule has 2 nitrogen and oxygen atoms in total. The van der Waals surface area contributed by atoms with Crippen molar-refractivity contribution in [3.8, 4) is 11.8 Å². The van der Waals surface area contributed by atoms with Crippen LogP contribution in [-0.4, -0.2) is 9.97 Å². The third-order valence-electron chi connectivity index (χ3n) is 5.63. The fourth-order valence-corrected chi connectivity index (χ4v) is 3.85. The molecule has 1 aliphatic rings. The lowest BCUT2D eigenvalue weighted by atomic mass is 9.77. The van der Waals surface area contributed by atoms with Crippen molar-refractivity contribution in [1.29, 1.82) is 0 Å². The Morgan fingerprint density at radius 2 is 1.62 bits per heavy atom. The SMILES string of the molecule is CCCC[C@H]1CC[C@H](c2ccc(C#Cc3ncc(CC)cn3)cc2)CC1. The predicted molar refractivity (Wildman–Crippen MR) is 108 cm³/mol. The van der Waals surface area contributed by atoms with Gasteiger partial charge in [-0.3, -0.25) is 0 Å². The lowest BCUT2D eigenvalue weighted by molar-refractivity contribution is 0.304. The van der Waals surface area contributed by atoms with Gasteiger partial charge in [0, 0.05) is 18.0 Å². The maximum absolute atomic E-state index is 4.30. The Balaban J connectivity index is 1.56. The molecular weight excluding hydrogens is 316 g/mol. The van der Waals surface area contributed by atoms with Gasteiger partial charge in [0.15, 0.2) is 0 Å². The summed E-state index contributed by atoms with van der Waals surface area (Å²) in [5.41, 5.74) is 3.66. The summed E-state index contributed by atoms with van der Waals surface area (Å²) in [6.07, 6.45) is 14.3. The van der Waals surface area contributed by atoms with Crippen LogP contribution in [-0.2, 0) is 6.42 Å². The van der Waals surface area contributed by atoms with Crippen molar-refractivity contribution < 1.29 is 0 Å². The molecule has 0 bridgehead atoms. The summed E-state index contributed by atoms with van der Waals surface area (Å²) in [7, 11) is 0. The van der Waals surface area contributed by atoms with Gasteiger partial charge in [0.05, 0.1) is 0 Å². The molecule has 0 atom stereocenters. The first kappa shape index (κ1) is 18.6. The molecule has 1 fully saturated rings. The van der Waals surface area contributed by atoms with E-state index in [2.05, 4.69) is 59.9 Å². The highest BCUT2D eigenvalue weighted by Crippen LogP contribution is 2.37. The number of rotatable bonds is 5. The Bertz CT molecular complexity index is 727. The minimum atomic E-state index is 0.594. The third-order valence-corrected chi connectivity index (χ3v) is 5.63. The molecule has 0 unspecified atom stereocenters. The number of nitrogens with zero attached hydrogens (tertiary/aromatic N) is 2. The summed E-state index contributed by atoms with van der Waals surface area (Å²) in [5, 5.41) is 0. The van der Waals surface area contributed by atoms with Gasteiger partial charge in [-0.15, -0.1) is 0 Å². The van der Waals surface area contributed by atoms with Crippen molar-refractivity contribution in [2.24, 2.45) is 5.92 Å². The predicted octanol–water partition coefficient (Wildman–Crippen LogP) is 5.90. The molecule has 136 valence electrons. The fraction of sp³-hybridized carbons (Fsp3) is 0.500. The second-order valence-corrected chi connectivity index (χ2v) is 7.50. The zero-order valence-corrected chi connectivity index (χ0v) is 16.2. The number of hydrogen-bond donors (Lipinski definition) is 0. The molecule has 1 saturated carbocycles. The Labute approximate surface area is 158 Å². The smallest absolute Gasteiger partial charge is 0.205 e. The molecule has 0 aliphatic heterocycles. The van der Waals surface area contributed by atoms with Crippen LogP contribution in [0.15, 0.2) is 36.7 Å². The van der Waals surface area contributed by atoms with Crippen molar-refractivity contribution in [3.63, 3.8) is 0 Å². The van der Waals surface area contributed by atoms with Crippen LogP contribution in [0.25, 0.3) is 0 Å². The van der Waals surface area contributed by atoms with E-state index in [1.807, 2.05) is 12.4 Å². The summed E-state index contributed by atoms with van der Waals surface area (Å²) in [5.74, 6) is 8.55. The van der Waals surface area contributed by atoms with Gasteiger partial charge in [-0.25, -0.2) is 9.97 Å². The van der Waals surface area contributed by atoms with Crippen LogP contribution in [0.3, 0.4) is 0 Å². The molecule has 2 aromatic rings. The van der Waals surface area contributed by atoms with E-state index in [1.165, 1.54) is 50.5 Å². The normalized spacial score (nSPS) is 19.6. The summed E-state index contributed by atoms with van der Waals surface area (Å²) >= 11 is 0. The van der Waals surface area contributed by atoms with Crippen molar-refractivity contribution in [2.75, 3.05) is 0 Å². The average molecular weight is 347 g/mol. The molecule has 3 rings (SSSR count). The van der Waals surface area contributed by atoms with Gasteiger partial charge in [-0.05, 0) is 73.1 Å². The molecule has 1 aliphatic carbocycles. The van der Waals surface area contributed by atoms with Crippen LogP contribution < -0.4 is 0 Å². The number of hydrogen-bond acceptors (Lipinski definition) is 2. The summed E-state index contributed by atoms with van der Waals surface area (Å²) < 4.78 is 0. The van der Waals surface area contributed by atoms with E-state index < -0.39 is 0 Å². The fourth-order valence-electron chi connectivity index (χ4n) is 3.85. The van der Waals surface area contributed by atoms with Crippen LogP contribution in [0.5, 0.6) is 0 Å². The topological polar surface area (TPSA) is 25.8 Å². The zero-order valence-electron chi connectivity index (χ0n) is 16.2. The van der Waals surface area contributed by atoms with Crippen LogP contribution in [0.1, 0.15) is 87.2 Å².